The van der Waals surface area contributed by atoms with E-state index in [9.17, 15) is 4.79 Å². The van der Waals surface area contributed by atoms with Gasteiger partial charge in [-0.15, -0.1) is 19.7 Å². The zero-order valence-corrected chi connectivity index (χ0v) is 11.3. The molecule has 100 valence electrons. The van der Waals surface area contributed by atoms with Gasteiger partial charge >= 0.3 is 15.0 Å². The Bertz CT molecular complexity index is 282. The second-order valence-corrected chi connectivity index (χ2v) is 4.99. The highest BCUT2D eigenvalue weighted by molar-refractivity contribution is 6.55. The average Bonchev–Trinajstić information content (AvgIpc) is 2.40. The van der Waals surface area contributed by atoms with E-state index < -0.39 is 15.0 Å². The molecular weight excluding hydrogens is 252 g/mol. The van der Waals surface area contributed by atoms with Crippen LogP contribution >= 0.6 is 0 Å². The topological polar surface area (TPSA) is 54.0 Å². The molecule has 0 aromatic carbocycles. The molecule has 0 atom stereocenters. The van der Waals surface area contributed by atoms with Gasteiger partial charge in [-0.25, -0.2) is 4.79 Å². The van der Waals surface area contributed by atoms with Crippen LogP contribution in [0, 0.1) is 0 Å². The van der Waals surface area contributed by atoms with Crippen molar-refractivity contribution < 1.29 is 22.5 Å². The lowest BCUT2D eigenvalue weighted by Gasteiger charge is -2.25. The number of carbonyl (C=O) groups is 1. The fraction of sp³-hybridized carbons (Fsp3) is 0.250. The average molecular weight is 270 g/mol. The zero-order valence-electron chi connectivity index (χ0n) is 10.3. The smallest absolute Gasteiger partial charge is 0.449 e. The largest absolute Gasteiger partial charge is 0.752 e. The molecule has 0 aliphatic heterocycles. The van der Waals surface area contributed by atoms with Crippen LogP contribution in [0.25, 0.3) is 0 Å². The Morgan fingerprint density at radius 2 is 1.28 bits per heavy atom. The summed E-state index contributed by atoms with van der Waals surface area (Å²) in [6.07, 6.45) is 5.50. The van der Waals surface area contributed by atoms with Crippen LogP contribution in [0.3, 0.4) is 0 Å². The lowest BCUT2D eigenvalue weighted by Crippen LogP contribution is -2.50. The Balaban J connectivity index is 4.87. The van der Waals surface area contributed by atoms with Crippen molar-refractivity contribution in [3.8, 4) is 0 Å². The van der Waals surface area contributed by atoms with Crippen molar-refractivity contribution in [1.29, 1.82) is 0 Å². The van der Waals surface area contributed by atoms with Gasteiger partial charge in [0.15, 0.2) is 0 Å². The van der Waals surface area contributed by atoms with Crippen molar-refractivity contribution in [2.45, 2.75) is 0 Å². The molecule has 0 aliphatic carbocycles. The molecule has 18 heavy (non-hydrogen) atoms. The van der Waals surface area contributed by atoms with Crippen LogP contribution in [0.1, 0.15) is 0 Å². The van der Waals surface area contributed by atoms with Crippen molar-refractivity contribution in [3.05, 3.63) is 50.6 Å². The van der Waals surface area contributed by atoms with Crippen LogP contribution in [0.15, 0.2) is 50.6 Å². The van der Waals surface area contributed by atoms with Gasteiger partial charge in [-0.1, -0.05) is 24.8 Å². The third-order valence-corrected chi connectivity index (χ3v) is 3.54. The van der Waals surface area contributed by atoms with Gasteiger partial charge in [0.2, 0.25) is 0 Å². The summed E-state index contributed by atoms with van der Waals surface area (Å²) >= 11 is 0. The van der Waals surface area contributed by atoms with Crippen molar-refractivity contribution in [3.63, 3.8) is 0 Å². The Labute approximate surface area is 108 Å². The SMILES string of the molecule is C=CCO[Si](OCC=C)(OCC=C)OC(=O)C=C. The number of hydrogen-bond acceptors (Lipinski definition) is 5. The summed E-state index contributed by atoms with van der Waals surface area (Å²) in [7, 11) is -3.58. The molecule has 0 amide bonds. The Kier molecular flexibility index (Phi) is 8.76. The molecule has 0 fully saturated rings. The predicted molar refractivity (Wildman–Crippen MR) is 70.5 cm³/mol. The zero-order chi connectivity index (χ0) is 13.9. The third kappa shape index (κ3) is 6.31. The van der Waals surface area contributed by atoms with Gasteiger partial charge in [0, 0.05) is 6.08 Å². The third-order valence-electron chi connectivity index (χ3n) is 1.53. The number of rotatable bonds is 11. The van der Waals surface area contributed by atoms with Gasteiger partial charge in [0.05, 0.1) is 19.8 Å². The van der Waals surface area contributed by atoms with E-state index >= 15 is 0 Å². The molecule has 6 heteroatoms. The van der Waals surface area contributed by atoms with E-state index in [1.165, 1.54) is 18.2 Å². The molecule has 0 aliphatic rings. The molecule has 0 saturated heterocycles. The van der Waals surface area contributed by atoms with Gasteiger partial charge in [0.1, 0.15) is 0 Å². The van der Waals surface area contributed by atoms with Crippen LogP contribution in [-0.2, 0) is 22.5 Å². The molecule has 0 unspecified atom stereocenters. The van der Waals surface area contributed by atoms with Gasteiger partial charge in [-0.05, 0) is 0 Å². The quantitative estimate of drug-likeness (QED) is 0.325. The summed E-state index contributed by atoms with van der Waals surface area (Å²) in [5.41, 5.74) is 0. The van der Waals surface area contributed by atoms with Gasteiger partial charge in [0.25, 0.3) is 0 Å². The Morgan fingerprint density at radius 1 is 0.889 bits per heavy atom. The summed E-state index contributed by atoms with van der Waals surface area (Å²) in [5, 5.41) is 0. The molecule has 0 N–H and O–H groups in total. The monoisotopic (exact) mass is 270 g/mol. The molecule has 5 nitrogen and oxygen atoms in total. The van der Waals surface area contributed by atoms with E-state index in [0.29, 0.717) is 0 Å². The first-order valence-electron chi connectivity index (χ1n) is 5.24. The summed E-state index contributed by atoms with van der Waals surface area (Å²) in [5.74, 6) is -0.682. The second kappa shape index (κ2) is 9.55. The molecule has 0 spiro atoms. The molecule has 0 bridgehead atoms. The Hall–Kier alpha value is -1.47. The fourth-order valence-electron chi connectivity index (χ4n) is 0.861. The van der Waals surface area contributed by atoms with Crippen molar-refractivity contribution in [2.75, 3.05) is 19.8 Å². The second-order valence-electron chi connectivity index (χ2n) is 2.92. The minimum Gasteiger partial charge on any atom is -0.449 e. The van der Waals surface area contributed by atoms with Crippen LogP contribution in [0.2, 0.25) is 0 Å². The van der Waals surface area contributed by atoms with E-state index in [4.69, 9.17) is 17.7 Å². The van der Waals surface area contributed by atoms with Gasteiger partial charge in [-0.2, -0.15) is 0 Å². The molecule has 0 rings (SSSR count). The predicted octanol–water partition coefficient (Wildman–Crippen LogP) is 1.76. The van der Waals surface area contributed by atoms with Crippen molar-refractivity contribution in [2.24, 2.45) is 0 Å². The molecular formula is C12H18O5Si. The van der Waals surface area contributed by atoms with Crippen LogP contribution in [0.4, 0.5) is 0 Å². The van der Waals surface area contributed by atoms with Crippen LogP contribution in [-0.4, -0.2) is 34.8 Å². The highest BCUT2D eigenvalue weighted by atomic mass is 28.4. The van der Waals surface area contributed by atoms with E-state index in [2.05, 4.69) is 26.3 Å². The molecule has 0 radical (unpaired) electrons. The molecule has 0 aromatic heterocycles. The van der Waals surface area contributed by atoms with Crippen LogP contribution in [0.5, 0.6) is 0 Å². The Morgan fingerprint density at radius 3 is 1.56 bits per heavy atom. The first kappa shape index (κ1) is 16.5. The number of hydrogen-bond donors (Lipinski definition) is 0. The first-order chi connectivity index (χ1) is 8.64. The fourth-order valence-corrected chi connectivity index (χ4v) is 2.58. The van der Waals surface area contributed by atoms with Crippen molar-refractivity contribution >= 4 is 15.0 Å². The maximum absolute atomic E-state index is 11.3. The van der Waals surface area contributed by atoms with E-state index in [0.717, 1.165) is 6.08 Å². The highest BCUT2D eigenvalue weighted by Gasteiger charge is 2.49. The molecule has 0 saturated carbocycles. The summed E-state index contributed by atoms with van der Waals surface area (Å²) in [4.78, 5) is 11.3. The lowest BCUT2D eigenvalue weighted by atomic mass is 10.7. The van der Waals surface area contributed by atoms with Gasteiger partial charge < -0.3 is 17.7 Å². The standard InChI is InChI=1S/C12H18O5Si/c1-5-9-14-18(15-10-6-2,16-11-7-3)17-12(13)8-4/h5-8H,1-4,9-11H2. The van der Waals surface area contributed by atoms with Crippen LogP contribution < -0.4 is 0 Å². The maximum Gasteiger partial charge on any atom is 0.752 e. The van der Waals surface area contributed by atoms with E-state index in [-0.39, 0.29) is 19.8 Å². The normalized spacial score (nSPS) is 10.4. The molecule has 0 heterocycles. The first-order valence-corrected chi connectivity index (χ1v) is 6.87. The van der Waals surface area contributed by atoms with Crippen molar-refractivity contribution in [1.82, 2.24) is 0 Å². The lowest BCUT2D eigenvalue weighted by molar-refractivity contribution is -0.138. The van der Waals surface area contributed by atoms with E-state index in [1.807, 2.05) is 0 Å². The number of carbonyl (C=O) groups excluding carboxylic acids is 1. The minimum atomic E-state index is -3.58. The summed E-state index contributed by atoms with van der Waals surface area (Å²) < 4.78 is 21.1. The van der Waals surface area contributed by atoms with E-state index in [1.54, 1.807) is 0 Å². The highest BCUT2D eigenvalue weighted by Crippen LogP contribution is 2.13. The minimum absolute atomic E-state index is 0.130. The molecule has 0 aromatic rings. The van der Waals surface area contributed by atoms with Gasteiger partial charge in [-0.3, -0.25) is 0 Å². The summed E-state index contributed by atoms with van der Waals surface area (Å²) in [6.45, 7) is 14.2. The summed E-state index contributed by atoms with van der Waals surface area (Å²) in [6, 6.07) is 0. The maximum atomic E-state index is 11.3.